The summed E-state index contributed by atoms with van der Waals surface area (Å²) in [6, 6.07) is 2.04. The molecule has 6 nitrogen and oxygen atoms in total. The molecule has 2 aromatic rings. The zero-order valence-electron chi connectivity index (χ0n) is 10.6. The van der Waals surface area contributed by atoms with E-state index in [9.17, 15) is 0 Å². The first kappa shape index (κ1) is 13.3. The summed E-state index contributed by atoms with van der Waals surface area (Å²) < 4.78 is 4.68. The minimum atomic E-state index is -0.156. The standard InChI is InChI=1S/C11H17BrN6/c1-7(2)18-11(8(12)6-15-18)10(16-13)9-4-5-14-17(9)3/h4-7,10,16H,13H2,1-3H3. The summed E-state index contributed by atoms with van der Waals surface area (Å²) in [5.41, 5.74) is 4.82. The summed E-state index contributed by atoms with van der Waals surface area (Å²) in [6.45, 7) is 4.17. The van der Waals surface area contributed by atoms with Crippen LogP contribution in [0.15, 0.2) is 22.9 Å². The zero-order chi connectivity index (χ0) is 13.3. The van der Waals surface area contributed by atoms with Gasteiger partial charge in [-0.3, -0.25) is 15.2 Å². The van der Waals surface area contributed by atoms with Crippen molar-refractivity contribution in [2.24, 2.45) is 12.9 Å². The maximum absolute atomic E-state index is 5.71. The molecule has 1 atom stereocenters. The van der Waals surface area contributed by atoms with Gasteiger partial charge in [-0.2, -0.15) is 10.2 Å². The van der Waals surface area contributed by atoms with Crippen LogP contribution >= 0.6 is 15.9 Å². The lowest BCUT2D eigenvalue weighted by Crippen LogP contribution is -2.32. The highest BCUT2D eigenvalue weighted by Crippen LogP contribution is 2.29. The monoisotopic (exact) mass is 312 g/mol. The number of rotatable bonds is 4. The lowest BCUT2D eigenvalue weighted by molar-refractivity contribution is 0.463. The predicted octanol–water partition coefficient (Wildman–Crippen LogP) is 1.51. The lowest BCUT2D eigenvalue weighted by atomic mass is 10.1. The fourth-order valence-corrected chi connectivity index (χ4v) is 2.51. The van der Waals surface area contributed by atoms with Crippen LogP contribution in [0.2, 0.25) is 0 Å². The van der Waals surface area contributed by atoms with Crippen molar-refractivity contribution in [3.05, 3.63) is 34.3 Å². The number of hydrogen-bond acceptors (Lipinski definition) is 4. The van der Waals surface area contributed by atoms with Gasteiger partial charge >= 0.3 is 0 Å². The van der Waals surface area contributed by atoms with E-state index in [0.29, 0.717) is 0 Å². The van der Waals surface area contributed by atoms with Gasteiger partial charge in [-0.15, -0.1) is 0 Å². The van der Waals surface area contributed by atoms with Crippen LogP contribution in [0.1, 0.15) is 37.3 Å². The molecule has 0 aromatic carbocycles. The summed E-state index contributed by atoms with van der Waals surface area (Å²) >= 11 is 3.53. The summed E-state index contributed by atoms with van der Waals surface area (Å²) in [5, 5.41) is 8.54. The Hall–Kier alpha value is -1.18. The first-order chi connectivity index (χ1) is 8.56. The van der Waals surface area contributed by atoms with Gasteiger partial charge in [-0.25, -0.2) is 5.43 Å². The average molecular weight is 313 g/mol. The molecular weight excluding hydrogens is 296 g/mol. The normalized spacial score (nSPS) is 13.2. The molecule has 7 heteroatoms. The second kappa shape index (κ2) is 5.21. The molecule has 0 aliphatic heterocycles. The molecule has 0 amide bonds. The van der Waals surface area contributed by atoms with E-state index in [4.69, 9.17) is 5.84 Å². The van der Waals surface area contributed by atoms with Crippen molar-refractivity contribution in [1.29, 1.82) is 0 Å². The third-order valence-electron chi connectivity index (χ3n) is 2.87. The number of halogens is 1. The first-order valence-corrected chi connectivity index (χ1v) is 6.52. The van der Waals surface area contributed by atoms with E-state index in [2.05, 4.69) is 45.4 Å². The molecule has 2 aromatic heterocycles. The average Bonchev–Trinajstić information content (AvgIpc) is 2.89. The number of hydrogen-bond donors (Lipinski definition) is 2. The Morgan fingerprint density at radius 3 is 2.61 bits per heavy atom. The fraction of sp³-hybridized carbons (Fsp3) is 0.455. The summed E-state index contributed by atoms with van der Waals surface area (Å²) in [4.78, 5) is 0. The third kappa shape index (κ3) is 2.21. The van der Waals surface area contributed by atoms with E-state index < -0.39 is 0 Å². The number of aromatic nitrogens is 4. The van der Waals surface area contributed by atoms with Gasteiger partial charge in [0.1, 0.15) is 6.04 Å². The van der Waals surface area contributed by atoms with Crippen LogP contribution in [0.3, 0.4) is 0 Å². The maximum atomic E-state index is 5.71. The van der Waals surface area contributed by atoms with E-state index in [0.717, 1.165) is 15.9 Å². The number of hydrazine groups is 1. The molecule has 18 heavy (non-hydrogen) atoms. The van der Waals surface area contributed by atoms with Gasteiger partial charge in [0.15, 0.2) is 0 Å². The number of nitrogens with two attached hydrogens (primary N) is 1. The van der Waals surface area contributed by atoms with Crippen LogP contribution in [0.5, 0.6) is 0 Å². The minimum absolute atomic E-state index is 0.156. The molecule has 0 fully saturated rings. The molecular formula is C11H17BrN6. The molecule has 0 spiro atoms. The van der Waals surface area contributed by atoms with Gasteiger partial charge in [0.25, 0.3) is 0 Å². The van der Waals surface area contributed by atoms with Crippen molar-refractivity contribution < 1.29 is 0 Å². The van der Waals surface area contributed by atoms with Crippen LogP contribution in [-0.4, -0.2) is 19.6 Å². The Morgan fingerprint density at radius 2 is 2.11 bits per heavy atom. The van der Waals surface area contributed by atoms with Crippen LogP contribution in [0, 0.1) is 0 Å². The van der Waals surface area contributed by atoms with Gasteiger partial charge in [0, 0.05) is 19.3 Å². The predicted molar refractivity (Wildman–Crippen MR) is 72.7 cm³/mol. The topological polar surface area (TPSA) is 73.7 Å². The van der Waals surface area contributed by atoms with Crippen molar-refractivity contribution >= 4 is 15.9 Å². The quantitative estimate of drug-likeness (QED) is 0.663. The SMILES string of the molecule is CC(C)n1ncc(Br)c1C(NN)c1ccnn1C. The number of nitrogens with one attached hydrogen (secondary N) is 1. The molecule has 3 N–H and O–H groups in total. The molecule has 0 aliphatic rings. The van der Waals surface area contributed by atoms with E-state index in [1.165, 1.54) is 0 Å². The van der Waals surface area contributed by atoms with Crippen LogP contribution in [0.25, 0.3) is 0 Å². The Bertz CT molecular complexity index is 529. The van der Waals surface area contributed by atoms with Crippen molar-refractivity contribution in [2.75, 3.05) is 0 Å². The number of nitrogens with zero attached hydrogens (tertiary/aromatic N) is 4. The summed E-state index contributed by atoms with van der Waals surface area (Å²) in [5.74, 6) is 5.71. The second-order valence-corrected chi connectivity index (χ2v) is 5.25. The van der Waals surface area contributed by atoms with Crippen LogP contribution < -0.4 is 11.3 Å². The molecule has 0 saturated carbocycles. The Kier molecular flexibility index (Phi) is 3.84. The number of aryl methyl sites for hydroxylation is 1. The Labute approximate surface area is 114 Å². The van der Waals surface area contributed by atoms with Gasteiger partial charge in [0.05, 0.1) is 22.1 Å². The molecule has 0 aliphatic carbocycles. The molecule has 2 heterocycles. The molecule has 2 rings (SSSR count). The Morgan fingerprint density at radius 1 is 1.39 bits per heavy atom. The maximum Gasteiger partial charge on any atom is 0.106 e. The third-order valence-corrected chi connectivity index (χ3v) is 3.48. The zero-order valence-corrected chi connectivity index (χ0v) is 12.2. The highest BCUT2D eigenvalue weighted by Gasteiger charge is 2.24. The van der Waals surface area contributed by atoms with E-state index in [1.54, 1.807) is 17.1 Å². The summed E-state index contributed by atoms with van der Waals surface area (Å²) in [6.07, 6.45) is 3.54. The molecule has 0 saturated heterocycles. The molecule has 1 unspecified atom stereocenters. The van der Waals surface area contributed by atoms with Crippen molar-refractivity contribution in [3.8, 4) is 0 Å². The highest BCUT2D eigenvalue weighted by atomic mass is 79.9. The van der Waals surface area contributed by atoms with Crippen LogP contribution in [-0.2, 0) is 7.05 Å². The van der Waals surface area contributed by atoms with E-state index in [1.807, 2.05) is 17.8 Å². The van der Waals surface area contributed by atoms with E-state index in [-0.39, 0.29) is 12.1 Å². The van der Waals surface area contributed by atoms with Gasteiger partial charge < -0.3 is 0 Å². The second-order valence-electron chi connectivity index (χ2n) is 4.40. The first-order valence-electron chi connectivity index (χ1n) is 5.73. The van der Waals surface area contributed by atoms with Crippen molar-refractivity contribution in [1.82, 2.24) is 25.0 Å². The smallest absolute Gasteiger partial charge is 0.106 e. The minimum Gasteiger partial charge on any atom is -0.271 e. The van der Waals surface area contributed by atoms with Crippen LogP contribution in [0.4, 0.5) is 0 Å². The summed E-state index contributed by atoms with van der Waals surface area (Å²) in [7, 11) is 1.89. The van der Waals surface area contributed by atoms with Gasteiger partial charge in [0.2, 0.25) is 0 Å². The van der Waals surface area contributed by atoms with Crippen molar-refractivity contribution in [3.63, 3.8) is 0 Å². The largest absolute Gasteiger partial charge is 0.271 e. The van der Waals surface area contributed by atoms with Gasteiger partial charge in [-0.1, -0.05) is 0 Å². The molecule has 98 valence electrons. The molecule has 0 radical (unpaired) electrons. The van der Waals surface area contributed by atoms with E-state index >= 15 is 0 Å². The fourth-order valence-electron chi connectivity index (χ4n) is 2.00. The van der Waals surface area contributed by atoms with Crippen molar-refractivity contribution in [2.45, 2.75) is 25.9 Å². The lowest BCUT2D eigenvalue weighted by Gasteiger charge is -2.20. The highest BCUT2D eigenvalue weighted by molar-refractivity contribution is 9.10. The Balaban J connectivity index is 2.52. The molecule has 0 bridgehead atoms. The van der Waals surface area contributed by atoms with Gasteiger partial charge in [-0.05, 0) is 35.8 Å².